The predicted molar refractivity (Wildman–Crippen MR) is 86.8 cm³/mol. The number of hydrogen-bond donors (Lipinski definition) is 1. The number of amides is 1. The minimum Gasteiger partial charge on any atom is -0.486 e. The molecule has 0 aliphatic heterocycles. The van der Waals surface area contributed by atoms with Crippen molar-refractivity contribution in [1.82, 2.24) is 4.98 Å². The Morgan fingerprint density at radius 1 is 1.14 bits per heavy atom. The van der Waals surface area contributed by atoms with Gasteiger partial charge in [-0.1, -0.05) is 36.4 Å². The van der Waals surface area contributed by atoms with E-state index >= 15 is 0 Å². The second-order valence-corrected chi connectivity index (χ2v) is 5.62. The van der Waals surface area contributed by atoms with Gasteiger partial charge >= 0.3 is 0 Å². The summed E-state index contributed by atoms with van der Waals surface area (Å²) in [6, 6.07) is 16.8. The van der Waals surface area contributed by atoms with Crippen molar-refractivity contribution in [2.24, 2.45) is 5.73 Å². The summed E-state index contributed by atoms with van der Waals surface area (Å²) in [5.41, 5.74) is 7.71. The first-order valence-corrected chi connectivity index (χ1v) is 7.63. The fourth-order valence-electron chi connectivity index (χ4n) is 2.00. The molecule has 0 unspecified atom stereocenters. The number of benzene rings is 2. The Morgan fingerprint density at radius 2 is 1.95 bits per heavy atom. The highest BCUT2D eigenvalue weighted by molar-refractivity contribution is 7.09. The van der Waals surface area contributed by atoms with Crippen LogP contribution in [-0.4, -0.2) is 10.9 Å². The molecule has 4 nitrogen and oxygen atoms in total. The Hall–Kier alpha value is -2.66. The van der Waals surface area contributed by atoms with Gasteiger partial charge < -0.3 is 10.5 Å². The number of aromatic nitrogens is 1. The number of rotatable bonds is 5. The van der Waals surface area contributed by atoms with Gasteiger partial charge in [0.15, 0.2) is 0 Å². The molecule has 0 atom stereocenters. The number of nitrogens with two attached hydrogens (primary N) is 1. The Labute approximate surface area is 132 Å². The van der Waals surface area contributed by atoms with Crippen molar-refractivity contribution in [3.8, 4) is 17.0 Å². The second kappa shape index (κ2) is 6.41. The molecule has 5 heteroatoms. The van der Waals surface area contributed by atoms with Gasteiger partial charge in [0.1, 0.15) is 17.4 Å². The average molecular weight is 310 g/mol. The third-order valence-electron chi connectivity index (χ3n) is 3.10. The molecule has 1 heterocycles. The summed E-state index contributed by atoms with van der Waals surface area (Å²) in [7, 11) is 0. The number of hydrogen-bond acceptors (Lipinski definition) is 4. The van der Waals surface area contributed by atoms with Crippen molar-refractivity contribution >= 4 is 17.2 Å². The molecule has 1 aromatic heterocycles. The van der Waals surface area contributed by atoms with Gasteiger partial charge in [0.05, 0.1) is 5.69 Å². The Kier molecular flexibility index (Phi) is 4.16. The molecule has 0 radical (unpaired) electrons. The van der Waals surface area contributed by atoms with Crippen LogP contribution in [0.1, 0.15) is 15.4 Å². The van der Waals surface area contributed by atoms with E-state index < -0.39 is 5.91 Å². The zero-order valence-electron chi connectivity index (χ0n) is 11.7. The Balaban J connectivity index is 1.69. The van der Waals surface area contributed by atoms with E-state index in [0.29, 0.717) is 17.9 Å². The molecule has 1 amide bonds. The third kappa shape index (κ3) is 3.32. The van der Waals surface area contributed by atoms with Gasteiger partial charge in [-0.2, -0.15) is 0 Å². The first kappa shape index (κ1) is 14.3. The lowest BCUT2D eigenvalue weighted by Crippen LogP contribution is -2.10. The van der Waals surface area contributed by atoms with Crippen molar-refractivity contribution < 1.29 is 9.53 Å². The fraction of sp³-hybridized carbons (Fsp3) is 0.0588. The highest BCUT2D eigenvalue weighted by atomic mass is 32.1. The predicted octanol–water partition coefficient (Wildman–Crippen LogP) is 3.49. The van der Waals surface area contributed by atoms with Crippen LogP contribution in [0, 0.1) is 0 Å². The maximum absolute atomic E-state index is 11.1. The molecule has 110 valence electrons. The van der Waals surface area contributed by atoms with E-state index in [-0.39, 0.29) is 0 Å². The number of carbonyl (C=O) groups excluding carboxylic acids is 1. The molecule has 2 aromatic carbocycles. The van der Waals surface area contributed by atoms with Crippen LogP contribution < -0.4 is 10.5 Å². The summed E-state index contributed by atoms with van der Waals surface area (Å²) in [5.74, 6) is 0.138. The van der Waals surface area contributed by atoms with Gasteiger partial charge in [-0.3, -0.25) is 4.79 Å². The van der Waals surface area contributed by atoms with Crippen molar-refractivity contribution in [3.63, 3.8) is 0 Å². The molecule has 3 aromatic rings. The number of thiazole rings is 1. The largest absolute Gasteiger partial charge is 0.486 e. The van der Waals surface area contributed by atoms with E-state index in [1.165, 1.54) is 0 Å². The van der Waals surface area contributed by atoms with Crippen LogP contribution in [-0.2, 0) is 6.61 Å². The molecule has 0 saturated carbocycles. The van der Waals surface area contributed by atoms with Crippen LogP contribution in [0.2, 0.25) is 0 Å². The SMILES string of the molecule is NC(=O)c1cccc(OCc2nc(-c3ccccc3)cs2)c1. The molecule has 0 saturated heterocycles. The van der Waals surface area contributed by atoms with E-state index in [2.05, 4.69) is 4.98 Å². The van der Waals surface area contributed by atoms with E-state index in [1.54, 1.807) is 35.6 Å². The van der Waals surface area contributed by atoms with Crippen LogP contribution >= 0.6 is 11.3 Å². The van der Waals surface area contributed by atoms with Gasteiger partial charge in [0.2, 0.25) is 5.91 Å². The summed E-state index contributed by atoms with van der Waals surface area (Å²) in [6.45, 7) is 0.361. The maximum atomic E-state index is 11.1. The second-order valence-electron chi connectivity index (χ2n) is 4.67. The van der Waals surface area contributed by atoms with Crippen molar-refractivity contribution in [1.29, 1.82) is 0 Å². The standard InChI is InChI=1S/C17H14N2O2S/c18-17(20)13-7-4-8-14(9-13)21-10-16-19-15(11-22-16)12-5-2-1-3-6-12/h1-9,11H,10H2,(H2,18,20). The molecule has 2 N–H and O–H groups in total. The van der Waals surface area contributed by atoms with E-state index in [0.717, 1.165) is 16.3 Å². The lowest BCUT2D eigenvalue weighted by Gasteiger charge is -2.05. The van der Waals surface area contributed by atoms with Gasteiger partial charge in [0, 0.05) is 16.5 Å². The molecule has 0 aliphatic rings. The number of carbonyl (C=O) groups is 1. The van der Waals surface area contributed by atoms with Crippen LogP contribution in [0.15, 0.2) is 60.0 Å². The highest BCUT2D eigenvalue weighted by Gasteiger charge is 2.06. The lowest BCUT2D eigenvalue weighted by atomic mass is 10.2. The van der Waals surface area contributed by atoms with Crippen LogP contribution in [0.5, 0.6) is 5.75 Å². The molecule has 0 aliphatic carbocycles. The minimum atomic E-state index is -0.467. The van der Waals surface area contributed by atoms with Crippen LogP contribution in [0.3, 0.4) is 0 Å². The quantitative estimate of drug-likeness (QED) is 0.784. The summed E-state index contributed by atoms with van der Waals surface area (Å²) >= 11 is 1.55. The molecular formula is C17H14N2O2S. The Bertz CT molecular complexity index is 784. The van der Waals surface area contributed by atoms with Gasteiger partial charge in [-0.05, 0) is 18.2 Å². The Morgan fingerprint density at radius 3 is 2.73 bits per heavy atom. The molecule has 3 rings (SSSR count). The molecule has 0 fully saturated rings. The summed E-state index contributed by atoms with van der Waals surface area (Å²) in [4.78, 5) is 15.7. The summed E-state index contributed by atoms with van der Waals surface area (Å²) < 4.78 is 5.67. The zero-order chi connectivity index (χ0) is 15.4. The van der Waals surface area contributed by atoms with Gasteiger partial charge in [-0.25, -0.2) is 4.98 Å². The summed E-state index contributed by atoms with van der Waals surface area (Å²) in [5, 5.41) is 2.89. The normalized spacial score (nSPS) is 10.4. The molecule has 22 heavy (non-hydrogen) atoms. The highest BCUT2D eigenvalue weighted by Crippen LogP contribution is 2.23. The number of primary amides is 1. The minimum absolute atomic E-state index is 0.361. The maximum Gasteiger partial charge on any atom is 0.248 e. The van der Waals surface area contributed by atoms with E-state index in [1.807, 2.05) is 35.7 Å². The average Bonchev–Trinajstić information content (AvgIpc) is 3.03. The zero-order valence-corrected chi connectivity index (χ0v) is 12.5. The fourth-order valence-corrected chi connectivity index (χ4v) is 2.72. The molecule has 0 bridgehead atoms. The lowest BCUT2D eigenvalue weighted by molar-refractivity contribution is 0.1000. The number of ether oxygens (including phenoxy) is 1. The third-order valence-corrected chi connectivity index (χ3v) is 3.92. The van der Waals surface area contributed by atoms with E-state index in [4.69, 9.17) is 10.5 Å². The van der Waals surface area contributed by atoms with Crippen LogP contribution in [0.4, 0.5) is 0 Å². The first-order valence-electron chi connectivity index (χ1n) is 6.75. The van der Waals surface area contributed by atoms with Crippen LogP contribution in [0.25, 0.3) is 11.3 Å². The number of nitrogens with zero attached hydrogens (tertiary/aromatic N) is 1. The smallest absolute Gasteiger partial charge is 0.248 e. The van der Waals surface area contributed by atoms with Gasteiger partial charge in [0.25, 0.3) is 0 Å². The molecule has 0 spiro atoms. The van der Waals surface area contributed by atoms with Gasteiger partial charge in [-0.15, -0.1) is 11.3 Å². The van der Waals surface area contributed by atoms with Crippen molar-refractivity contribution in [2.45, 2.75) is 6.61 Å². The van der Waals surface area contributed by atoms with Crippen molar-refractivity contribution in [2.75, 3.05) is 0 Å². The molecular weight excluding hydrogens is 296 g/mol. The first-order chi connectivity index (χ1) is 10.7. The monoisotopic (exact) mass is 310 g/mol. The topological polar surface area (TPSA) is 65.2 Å². The van der Waals surface area contributed by atoms with E-state index in [9.17, 15) is 4.79 Å². The summed E-state index contributed by atoms with van der Waals surface area (Å²) in [6.07, 6.45) is 0. The van der Waals surface area contributed by atoms with Crippen molar-refractivity contribution in [3.05, 3.63) is 70.5 Å².